The first-order valence-corrected chi connectivity index (χ1v) is 15.4. The van der Waals surface area contributed by atoms with Crippen LogP contribution in [0.4, 0.5) is 5.69 Å². The smallest absolute Gasteiger partial charge is 0.222 e. The van der Waals surface area contributed by atoms with Gasteiger partial charge < -0.3 is 26.4 Å². The average molecular weight is 618 g/mol. The van der Waals surface area contributed by atoms with E-state index in [1.807, 2.05) is 32.1 Å². The van der Waals surface area contributed by atoms with Crippen LogP contribution in [0.3, 0.4) is 0 Å². The van der Waals surface area contributed by atoms with Crippen LogP contribution in [0, 0.1) is 12.3 Å². The van der Waals surface area contributed by atoms with Gasteiger partial charge >= 0.3 is 0 Å². The Morgan fingerprint density at radius 3 is 2.57 bits per heavy atom. The van der Waals surface area contributed by atoms with E-state index < -0.39 is 10.9 Å². The third-order valence-corrected chi connectivity index (χ3v) is 7.65. The van der Waals surface area contributed by atoms with Gasteiger partial charge in [-0.15, -0.1) is 11.8 Å². The number of ether oxygens (including phenoxy) is 2. The Labute approximate surface area is 255 Å². The molecule has 1 heterocycles. The highest BCUT2D eigenvalue weighted by Crippen LogP contribution is 2.29. The SMILES string of the molecule is C=C/C(=C\C(N[SH](=O)=O)=C(/N)OC)c1cc(C)c(/C=N\N)c(NC(=C)/C(C)=C/CSC(=N)CN2C[C@@H](C)O[C@@H](C)C2)c1. The van der Waals surface area contributed by atoms with E-state index in [4.69, 9.17) is 26.5 Å². The van der Waals surface area contributed by atoms with Gasteiger partial charge in [-0.1, -0.05) is 31.4 Å². The molecule has 11 nitrogen and oxygen atoms in total. The maximum Gasteiger partial charge on any atom is 0.222 e. The molecule has 1 aliphatic rings. The molecule has 0 radical (unpaired) electrons. The summed E-state index contributed by atoms with van der Waals surface area (Å²) in [4.78, 5) is 2.26. The molecular formula is C29H43N7O4S2. The minimum atomic E-state index is -2.97. The molecule has 0 spiro atoms. The van der Waals surface area contributed by atoms with Crippen molar-refractivity contribution >= 4 is 45.2 Å². The second-order valence-electron chi connectivity index (χ2n) is 9.86. The number of allylic oxidation sites excluding steroid dienone is 4. The summed E-state index contributed by atoms with van der Waals surface area (Å²) < 4.78 is 35.8. The van der Waals surface area contributed by atoms with Crippen LogP contribution in [0.1, 0.15) is 37.5 Å². The van der Waals surface area contributed by atoms with Crippen LogP contribution in [0.25, 0.3) is 5.57 Å². The first-order valence-electron chi connectivity index (χ1n) is 13.3. The number of thioether (sulfide) groups is 1. The topological polar surface area (TPSA) is 168 Å². The van der Waals surface area contributed by atoms with E-state index in [0.29, 0.717) is 34.3 Å². The number of methoxy groups -OCH3 is 1. The van der Waals surface area contributed by atoms with Gasteiger partial charge in [0.1, 0.15) is 5.70 Å². The van der Waals surface area contributed by atoms with Crippen molar-refractivity contribution in [1.29, 1.82) is 5.41 Å². The van der Waals surface area contributed by atoms with E-state index in [0.717, 1.165) is 35.4 Å². The van der Waals surface area contributed by atoms with Gasteiger partial charge in [-0.05, 0) is 62.1 Å². The number of nitrogens with one attached hydrogen (secondary N) is 3. The molecule has 0 aromatic heterocycles. The Morgan fingerprint density at radius 2 is 2.00 bits per heavy atom. The van der Waals surface area contributed by atoms with E-state index >= 15 is 0 Å². The second kappa shape index (κ2) is 16.8. The zero-order chi connectivity index (χ0) is 31.4. The van der Waals surface area contributed by atoms with Crippen LogP contribution in [0.5, 0.6) is 0 Å². The predicted octanol–water partition coefficient (Wildman–Crippen LogP) is 3.44. The largest absolute Gasteiger partial charge is 0.481 e. The summed E-state index contributed by atoms with van der Waals surface area (Å²) >= 11 is 1.49. The van der Waals surface area contributed by atoms with Crippen molar-refractivity contribution in [3.63, 3.8) is 0 Å². The van der Waals surface area contributed by atoms with Gasteiger partial charge in [0.05, 0.1) is 30.6 Å². The summed E-state index contributed by atoms with van der Waals surface area (Å²) in [6.07, 6.45) is 7.04. The summed E-state index contributed by atoms with van der Waals surface area (Å²) in [7, 11) is -1.63. The molecule has 0 amide bonds. The molecular weight excluding hydrogens is 574 g/mol. The standard InChI is InChI=1S/C29H43N7O4S2/c1-8-23(12-27(29(31)39-7)35-42(37)38)24-11-19(3)25(14-33-32)26(13-24)34-22(6)18(2)9-10-41-28(30)17-36-15-20(4)40-21(5)16-36/h8-9,11-14,20-21,30,34,42H,1,6,10,15-17,31-32H2,2-5,7H3,(H,35,37,38)/b18-9+,23-12+,29-27-,30-28?,33-14-/t20-,21+. The number of nitrogens with zero attached hydrogens (tertiary/aromatic N) is 2. The number of morpholine rings is 1. The van der Waals surface area contributed by atoms with Crippen LogP contribution in [-0.4, -0.2) is 69.3 Å². The third-order valence-electron chi connectivity index (χ3n) is 6.41. The first kappa shape index (κ1) is 34.7. The molecule has 1 fully saturated rings. The maximum absolute atomic E-state index is 11.3. The lowest BCUT2D eigenvalue weighted by atomic mass is 9.97. The van der Waals surface area contributed by atoms with E-state index in [-0.39, 0.29) is 23.8 Å². The van der Waals surface area contributed by atoms with E-state index in [2.05, 4.69) is 47.0 Å². The van der Waals surface area contributed by atoms with Gasteiger partial charge in [-0.25, -0.2) is 8.42 Å². The van der Waals surface area contributed by atoms with Crippen LogP contribution in [0.15, 0.2) is 71.5 Å². The molecule has 2 atom stereocenters. The molecule has 0 saturated carbocycles. The highest BCUT2D eigenvalue weighted by atomic mass is 32.2. The maximum atomic E-state index is 11.3. The summed E-state index contributed by atoms with van der Waals surface area (Å²) in [5, 5.41) is 16.1. The Hall–Kier alpha value is -3.52. The highest BCUT2D eigenvalue weighted by molar-refractivity contribution is 8.14. The van der Waals surface area contributed by atoms with Crippen molar-refractivity contribution in [2.75, 3.05) is 37.8 Å². The van der Waals surface area contributed by atoms with Gasteiger partial charge in [0.2, 0.25) is 16.8 Å². The third kappa shape index (κ3) is 10.7. The molecule has 0 aliphatic carbocycles. The monoisotopic (exact) mass is 617 g/mol. The number of benzene rings is 1. The molecule has 0 unspecified atom stereocenters. The molecule has 7 N–H and O–H groups in total. The number of thiol groups is 1. The predicted molar refractivity (Wildman–Crippen MR) is 176 cm³/mol. The van der Waals surface area contributed by atoms with Crippen LogP contribution in [0.2, 0.25) is 0 Å². The lowest BCUT2D eigenvalue weighted by Gasteiger charge is -2.35. The Morgan fingerprint density at radius 1 is 1.33 bits per heavy atom. The first-order chi connectivity index (χ1) is 19.9. The molecule has 1 saturated heterocycles. The van der Waals surface area contributed by atoms with Crippen molar-refractivity contribution in [3.05, 3.63) is 83.1 Å². The van der Waals surface area contributed by atoms with Crippen molar-refractivity contribution < 1.29 is 17.9 Å². The molecule has 13 heteroatoms. The Kier molecular flexibility index (Phi) is 13.9. The fourth-order valence-electron chi connectivity index (χ4n) is 4.41. The van der Waals surface area contributed by atoms with Crippen molar-refractivity contribution in [2.45, 2.75) is 39.9 Å². The van der Waals surface area contributed by atoms with Crippen molar-refractivity contribution in [3.8, 4) is 0 Å². The van der Waals surface area contributed by atoms with Gasteiger partial charge in [-0.3, -0.25) is 15.0 Å². The molecule has 1 aliphatic heterocycles. The summed E-state index contributed by atoms with van der Waals surface area (Å²) in [5.74, 6) is 6.03. The number of hydrogen-bond donors (Lipinski definition) is 6. The minimum absolute atomic E-state index is 0.0761. The second-order valence-corrected chi connectivity index (χ2v) is 11.7. The summed E-state index contributed by atoms with van der Waals surface area (Å²) in [6.45, 7) is 18.3. The summed E-state index contributed by atoms with van der Waals surface area (Å²) in [5.41, 5.74) is 11.1. The molecule has 1 aromatic carbocycles. The zero-order valence-corrected chi connectivity index (χ0v) is 26.6. The van der Waals surface area contributed by atoms with Gasteiger partial charge in [-0.2, -0.15) is 5.10 Å². The molecule has 42 heavy (non-hydrogen) atoms. The Bertz CT molecular complexity index is 1350. The lowest BCUT2D eigenvalue weighted by molar-refractivity contribution is -0.0633. The molecule has 1 aromatic rings. The number of aryl methyl sites for hydroxylation is 1. The van der Waals surface area contributed by atoms with Crippen LogP contribution >= 0.6 is 11.8 Å². The number of nitrogens with two attached hydrogens (primary N) is 2. The van der Waals surface area contributed by atoms with Gasteiger partial charge in [0, 0.05) is 42.3 Å². The minimum Gasteiger partial charge on any atom is -0.481 e. The van der Waals surface area contributed by atoms with Gasteiger partial charge in [0.15, 0.2) is 0 Å². The average Bonchev–Trinajstić information content (AvgIpc) is 2.91. The quantitative estimate of drug-likeness (QED) is 0.0348. The van der Waals surface area contributed by atoms with E-state index in [1.165, 1.54) is 24.9 Å². The van der Waals surface area contributed by atoms with E-state index in [9.17, 15) is 8.42 Å². The van der Waals surface area contributed by atoms with Crippen molar-refractivity contribution in [1.82, 2.24) is 9.62 Å². The van der Waals surface area contributed by atoms with Gasteiger partial charge in [0.25, 0.3) is 0 Å². The Balaban J connectivity index is 2.24. The number of hydrazone groups is 1. The zero-order valence-electron chi connectivity index (χ0n) is 24.9. The molecule has 0 bridgehead atoms. The van der Waals surface area contributed by atoms with E-state index in [1.54, 1.807) is 12.3 Å². The number of rotatable bonds is 14. The molecule has 2 rings (SSSR count). The molecule has 230 valence electrons. The highest BCUT2D eigenvalue weighted by Gasteiger charge is 2.22. The summed E-state index contributed by atoms with van der Waals surface area (Å²) in [6, 6.07) is 3.76. The van der Waals surface area contributed by atoms with Crippen molar-refractivity contribution in [2.24, 2.45) is 16.7 Å². The fraction of sp³-hybridized carbons (Fsp3) is 0.379. The fourth-order valence-corrected chi connectivity index (χ4v) is 5.59. The number of anilines is 1. The normalized spacial score (nSPS) is 19.0. The lowest BCUT2D eigenvalue weighted by Crippen LogP contribution is -2.46. The number of hydrogen-bond acceptors (Lipinski definition) is 11. The van der Waals surface area contributed by atoms with Crippen LogP contribution < -0.4 is 21.6 Å². The van der Waals surface area contributed by atoms with Crippen LogP contribution in [-0.2, 0) is 20.4 Å².